The van der Waals surface area contributed by atoms with Crippen molar-refractivity contribution in [3.63, 3.8) is 0 Å². The fourth-order valence-electron chi connectivity index (χ4n) is 2.03. The normalized spacial score (nSPS) is 10.3. The molecule has 2 N–H and O–H groups in total. The molecule has 4 heteroatoms. The van der Waals surface area contributed by atoms with Crippen molar-refractivity contribution >= 4 is 11.8 Å². The van der Waals surface area contributed by atoms with Gasteiger partial charge in [0.15, 0.2) is 0 Å². The first-order valence-corrected chi connectivity index (χ1v) is 5.86. The number of hydrogen-bond donors (Lipinski definition) is 1. The summed E-state index contributed by atoms with van der Waals surface area (Å²) in [7, 11) is 1.59. The van der Waals surface area contributed by atoms with Crippen molar-refractivity contribution in [2.75, 3.05) is 7.05 Å². The highest BCUT2D eigenvalue weighted by Gasteiger charge is 2.17. The average Bonchev–Trinajstić information content (AvgIpc) is 2.30. The molecule has 0 unspecified atom stereocenters. The van der Waals surface area contributed by atoms with E-state index in [0.717, 1.165) is 16.7 Å². The largest absolute Gasteiger partial charge is 0.361 e. The minimum atomic E-state index is -0.919. The van der Waals surface area contributed by atoms with Gasteiger partial charge in [0.2, 0.25) is 0 Å². The number of benzene rings is 1. The number of likely N-dealkylation sites (N-methyl/N-ethyl adjacent to an activating group) is 1. The van der Waals surface area contributed by atoms with Crippen LogP contribution in [0.4, 0.5) is 0 Å². The average molecular weight is 248 g/mol. The van der Waals surface area contributed by atoms with Crippen LogP contribution >= 0.6 is 0 Å². The van der Waals surface area contributed by atoms with Gasteiger partial charge in [-0.15, -0.1) is 0 Å². The van der Waals surface area contributed by atoms with Gasteiger partial charge < -0.3 is 10.6 Å². The molecule has 1 rings (SSSR count). The third-order valence-electron chi connectivity index (χ3n) is 3.47. The maximum Gasteiger partial charge on any atom is 0.311 e. The molecule has 2 amide bonds. The van der Waals surface area contributed by atoms with E-state index in [4.69, 9.17) is 5.73 Å². The second-order valence-electron chi connectivity index (χ2n) is 4.76. The quantitative estimate of drug-likeness (QED) is 0.803. The Bertz CT molecular complexity index is 481. The molecule has 0 aliphatic heterocycles. The third-order valence-corrected chi connectivity index (χ3v) is 3.47. The summed E-state index contributed by atoms with van der Waals surface area (Å²) < 4.78 is 0. The maximum absolute atomic E-state index is 11.5. The van der Waals surface area contributed by atoms with Crippen LogP contribution in [0.3, 0.4) is 0 Å². The van der Waals surface area contributed by atoms with Gasteiger partial charge in [0.25, 0.3) is 0 Å². The van der Waals surface area contributed by atoms with Crippen LogP contribution < -0.4 is 5.73 Å². The Kier molecular flexibility index (Phi) is 4.11. The zero-order valence-electron chi connectivity index (χ0n) is 11.6. The summed E-state index contributed by atoms with van der Waals surface area (Å²) in [5, 5.41) is 0. The van der Waals surface area contributed by atoms with Crippen LogP contribution in [0, 0.1) is 27.7 Å². The molecule has 0 aromatic heterocycles. The van der Waals surface area contributed by atoms with Crippen molar-refractivity contribution in [1.82, 2.24) is 4.90 Å². The van der Waals surface area contributed by atoms with Gasteiger partial charge in [-0.25, -0.2) is 0 Å². The monoisotopic (exact) mass is 248 g/mol. The SMILES string of the molecule is Cc1cc(C)c(C)c(CN(C)C(=O)C(N)=O)c1C. The molecule has 0 aliphatic carbocycles. The Hall–Kier alpha value is -1.84. The number of nitrogens with two attached hydrogens (primary N) is 1. The van der Waals surface area contributed by atoms with E-state index in [-0.39, 0.29) is 0 Å². The molecule has 0 bridgehead atoms. The number of carbonyl (C=O) groups excluding carboxylic acids is 2. The first-order chi connectivity index (χ1) is 8.25. The number of aryl methyl sites for hydroxylation is 2. The lowest BCUT2D eigenvalue weighted by Gasteiger charge is -2.21. The lowest BCUT2D eigenvalue weighted by molar-refractivity contribution is -0.143. The molecular weight excluding hydrogens is 228 g/mol. The molecule has 0 aliphatic rings. The maximum atomic E-state index is 11.5. The molecule has 0 saturated carbocycles. The summed E-state index contributed by atoms with van der Waals surface area (Å²) in [6.45, 7) is 8.55. The molecular formula is C14H20N2O2. The molecule has 0 saturated heterocycles. The highest BCUT2D eigenvalue weighted by molar-refractivity contribution is 6.34. The Balaban J connectivity index is 3.12. The molecule has 1 aromatic rings. The fraction of sp³-hybridized carbons (Fsp3) is 0.429. The predicted molar refractivity (Wildman–Crippen MR) is 71.1 cm³/mol. The Morgan fingerprint density at radius 1 is 1.11 bits per heavy atom. The first kappa shape index (κ1) is 14.2. The molecule has 18 heavy (non-hydrogen) atoms. The molecule has 0 radical (unpaired) electrons. The molecule has 4 nitrogen and oxygen atoms in total. The van der Waals surface area contributed by atoms with E-state index in [1.165, 1.54) is 16.0 Å². The number of primary amides is 1. The third kappa shape index (κ3) is 2.70. The Morgan fingerprint density at radius 3 is 1.94 bits per heavy atom. The fourth-order valence-corrected chi connectivity index (χ4v) is 2.03. The van der Waals surface area contributed by atoms with Crippen LogP contribution in [0.5, 0.6) is 0 Å². The number of rotatable bonds is 2. The van der Waals surface area contributed by atoms with Gasteiger partial charge in [0.1, 0.15) is 0 Å². The van der Waals surface area contributed by atoms with E-state index in [1.54, 1.807) is 7.05 Å². The van der Waals surface area contributed by atoms with Gasteiger partial charge >= 0.3 is 11.8 Å². The second-order valence-corrected chi connectivity index (χ2v) is 4.76. The summed E-state index contributed by atoms with van der Waals surface area (Å²) >= 11 is 0. The zero-order chi connectivity index (χ0) is 14.0. The molecule has 1 aromatic carbocycles. The van der Waals surface area contributed by atoms with Gasteiger partial charge in [-0.05, 0) is 55.5 Å². The van der Waals surface area contributed by atoms with Gasteiger partial charge in [0.05, 0.1) is 0 Å². The number of amides is 2. The van der Waals surface area contributed by atoms with Crippen LogP contribution in [0.2, 0.25) is 0 Å². The van der Waals surface area contributed by atoms with Crippen molar-refractivity contribution in [1.29, 1.82) is 0 Å². The Labute approximate surface area is 108 Å². The van der Waals surface area contributed by atoms with Gasteiger partial charge in [-0.3, -0.25) is 9.59 Å². The summed E-state index contributed by atoms with van der Waals surface area (Å²) in [5.41, 5.74) is 10.8. The zero-order valence-corrected chi connectivity index (χ0v) is 11.6. The summed E-state index contributed by atoms with van der Waals surface area (Å²) in [6, 6.07) is 2.13. The Morgan fingerprint density at radius 2 is 1.56 bits per heavy atom. The lowest BCUT2D eigenvalue weighted by Crippen LogP contribution is -2.37. The smallest absolute Gasteiger partial charge is 0.311 e. The van der Waals surface area contributed by atoms with Crippen LogP contribution in [0.25, 0.3) is 0 Å². The van der Waals surface area contributed by atoms with Crippen molar-refractivity contribution in [2.24, 2.45) is 5.73 Å². The summed E-state index contributed by atoms with van der Waals surface area (Å²) in [4.78, 5) is 23.7. The standard InChI is InChI=1S/C14H20N2O2/c1-8-6-9(2)11(4)12(10(8)3)7-16(5)14(18)13(15)17/h6H,7H2,1-5H3,(H2,15,17). The van der Waals surface area contributed by atoms with E-state index >= 15 is 0 Å². The molecule has 0 atom stereocenters. The van der Waals surface area contributed by atoms with Gasteiger partial charge in [0, 0.05) is 13.6 Å². The summed E-state index contributed by atoms with van der Waals surface area (Å²) in [5.74, 6) is -1.58. The number of carbonyl (C=O) groups is 2. The molecule has 0 heterocycles. The van der Waals surface area contributed by atoms with Crippen LogP contribution in [-0.4, -0.2) is 23.8 Å². The molecule has 0 fully saturated rings. The number of hydrogen-bond acceptors (Lipinski definition) is 2. The lowest BCUT2D eigenvalue weighted by atomic mass is 9.94. The topological polar surface area (TPSA) is 63.4 Å². The van der Waals surface area contributed by atoms with Crippen molar-refractivity contribution in [3.8, 4) is 0 Å². The van der Waals surface area contributed by atoms with Crippen LogP contribution in [0.15, 0.2) is 6.07 Å². The van der Waals surface area contributed by atoms with Crippen molar-refractivity contribution in [3.05, 3.63) is 33.9 Å². The van der Waals surface area contributed by atoms with Crippen LogP contribution in [0.1, 0.15) is 27.8 Å². The van der Waals surface area contributed by atoms with E-state index in [1.807, 2.05) is 27.7 Å². The highest BCUT2D eigenvalue weighted by atomic mass is 16.2. The van der Waals surface area contributed by atoms with Crippen LogP contribution in [-0.2, 0) is 16.1 Å². The van der Waals surface area contributed by atoms with E-state index in [9.17, 15) is 9.59 Å². The highest BCUT2D eigenvalue weighted by Crippen LogP contribution is 2.22. The molecule has 0 spiro atoms. The van der Waals surface area contributed by atoms with Crippen molar-refractivity contribution in [2.45, 2.75) is 34.2 Å². The predicted octanol–water partition coefficient (Wildman–Crippen LogP) is 1.36. The second kappa shape index (κ2) is 5.21. The van der Waals surface area contributed by atoms with Gasteiger partial charge in [-0.2, -0.15) is 0 Å². The van der Waals surface area contributed by atoms with Gasteiger partial charge in [-0.1, -0.05) is 6.07 Å². The van der Waals surface area contributed by atoms with Crippen molar-refractivity contribution < 1.29 is 9.59 Å². The molecule has 98 valence electrons. The number of nitrogens with zero attached hydrogens (tertiary/aromatic N) is 1. The summed E-state index contributed by atoms with van der Waals surface area (Å²) in [6.07, 6.45) is 0. The minimum absolute atomic E-state index is 0.405. The van der Waals surface area contributed by atoms with E-state index in [0.29, 0.717) is 6.54 Å². The van der Waals surface area contributed by atoms with E-state index in [2.05, 4.69) is 6.07 Å². The minimum Gasteiger partial charge on any atom is -0.361 e. The van der Waals surface area contributed by atoms with E-state index < -0.39 is 11.8 Å². The first-order valence-electron chi connectivity index (χ1n) is 5.86.